The maximum Gasteiger partial charge on any atom is 0.251 e. The minimum Gasteiger partial charge on any atom is -0.494 e. The van der Waals surface area contributed by atoms with Crippen LogP contribution in [0.1, 0.15) is 42.5 Å². The number of likely N-dealkylation sites (tertiary alicyclic amines) is 1. The highest BCUT2D eigenvalue weighted by molar-refractivity contribution is 5.94. The summed E-state index contributed by atoms with van der Waals surface area (Å²) in [4.78, 5) is 14.8. The van der Waals surface area contributed by atoms with E-state index in [-0.39, 0.29) is 11.7 Å². The molecule has 23 heavy (non-hydrogen) atoms. The lowest BCUT2D eigenvalue weighted by molar-refractivity contribution is 0.0946. The van der Waals surface area contributed by atoms with Gasteiger partial charge in [0.1, 0.15) is 0 Å². The number of nitrogens with one attached hydrogen (secondary N) is 1. The number of ether oxygens (including phenoxy) is 1. The van der Waals surface area contributed by atoms with Crippen molar-refractivity contribution < 1.29 is 13.9 Å². The third kappa shape index (κ3) is 3.83. The molecule has 3 rings (SSSR count). The van der Waals surface area contributed by atoms with Crippen molar-refractivity contribution in [1.29, 1.82) is 0 Å². The van der Waals surface area contributed by atoms with Gasteiger partial charge in [-0.1, -0.05) is 12.8 Å². The number of rotatable bonds is 5. The second kappa shape index (κ2) is 7.30. The van der Waals surface area contributed by atoms with Gasteiger partial charge in [-0.2, -0.15) is 0 Å². The summed E-state index contributed by atoms with van der Waals surface area (Å²) in [7, 11) is 1.40. The SMILES string of the molecule is COc1cc(C(=O)NC[C@H]2CCN(C3CCCC3)C2)ccc1F. The fraction of sp³-hybridized carbons (Fsp3) is 0.611. The zero-order valence-electron chi connectivity index (χ0n) is 13.7. The highest BCUT2D eigenvalue weighted by Gasteiger charge is 2.29. The molecular weight excluding hydrogens is 295 g/mol. The van der Waals surface area contributed by atoms with E-state index in [2.05, 4.69) is 10.2 Å². The normalized spacial score (nSPS) is 22.4. The van der Waals surface area contributed by atoms with Crippen molar-refractivity contribution in [2.45, 2.75) is 38.1 Å². The van der Waals surface area contributed by atoms with Gasteiger partial charge in [0.15, 0.2) is 11.6 Å². The first-order chi connectivity index (χ1) is 11.2. The van der Waals surface area contributed by atoms with Gasteiger partial charge < -0.3 is 15.0 Å². The van der Waals surface area contributed by atoms with E-state index in [4.69, 9.17) is 4.74 Å². The van der Waals surface area contributed by atoms with Crippen molar-refractivity contribution in [3.63, 3.8) is 0 Å². The standard InChI is InChI=1S/C18H25FN2O2/c1-23-17-10-14(6-7-16(17)19)18(22)20-11-13-8-9-21(12-13)15-4-2-3-5-15/h6-7,10,13,15H,2-5,8-9,11-12H2,1H3,(H,20,22)/t13-/m1/s1. The summed E-state index contributed by atoms with van der Waals surface area (Å²) in [6.07, 6.45) is 6.51. The summed E-state index contributed by atoms with van der Waals surface area (Å²) in [6.45, 7) is 2.91. The molecule has 0 spiro atoms. The largest absolute Gasteiger partial charge is 0.494 e. The Bertz CT molecular complexity index is 558. The van der Waals surface area contributed by atoms with Crippen molar-refractivity contribution in [3.8, 4) is 5.75 Å². The molecule has 1 amide bonds. The molecular formula is C18H25FN2O2. The second-order valence-corrected chi connectivity index (χ2v) is 6.65. The molecule has 1 aliphatic carbocycles. The predicted molar refractivity (Wildman–Crippen MR) is 87.2 cm³/mol. The van der Waals surface area contributed by atoms with Gasteiger partial charge in [0, 0.05) is 24.7 Å². The third-order valence-electron chi connectivity index (χ3n) is 5.12. The quantitative estimate of drug-likeness (QED) is 0.907. The molecule has 1 aromatic carbocycles. The smallest absolute Gasteiger partial charge is 0.251 e. The van der Waals surface area contributed by atoms with E-state index in [0.29, 0.717) is 18.0 Å². The van der Waals surface area contributed by atoms with E-state index >= 15 is 0 Å². The van der Waals surface area contributed by atoms with E-state index in [1.165, 1.54) is 51.0 Å². The molecule has 2 fully saturated rings. The number of benzene rings is 1. The van der Waals surface area contributed by atoms with Crippen LogP contribution >= 0.6 is 0 Å². The average Bonchev–Trinajstić information content (AvgIpc) is 3.24. The van der Waals surface area contributed by atoms with Gasteiger partial charge in [-0.15, -0.1) is 0 Å². The Labute approximate surface area is 137 Å². The third-order valence-corrected chi connectivity index (χ3v) is 5.12. The average molecular weight is 320 g/mol. The first-order valence-electron chi connectivity index (χ1n) is 8.53. The van der Waals surface area contributed by atoms with Gasteiger partial charge in [-0.25, -0.2) is 4.39 Å². The Kier molecular flexibility index (Phi) is 5.16. The Morgan fingerprint density at radius 3 is 2.87 bits per heavy atom. The van der Waals surface area contributed by atoms with Crippen LogP contribution < -0.4 is 10.1 Å². The monoisotopic (exact) mass is 320 g/mol. The molecule has 0 radical (unpaired) electrons. The molecule has 2 aliphatic rings. The molecule has 1 atom stereocenters. The molecule has 126 valence electrons. The molecule has 1 heterocycles. The van der Waals surface area contributed by atoms with Crippen LogP contribution in [0.5, 0.6) is 5.75 Å². The summed E-state index contributed by atoms with van der Waals surface area (Å²) in [5.41, 5.74) is 0.439. The van der Waals surface area contributed by atoms with Gasteiger partial charge in [0.25, 0.3) is 5.91 Å². The summed E-state index contributed by atoms with van der Waals surface area (Å²) < 4.78 is 18.3. The number of nitrogens with zero attached hydrogens (tertiary/aromatic N) is 1. The molecule has 5 heteroatoms. The maximum absolute atomic E-state index is 13.4. The van der Waals surface area contributed by atoms with Gasteiger partial charge in [-0.3, -0.25) is 4.79 Å². The van der Waals surface area contributed by atoms with Crippen molar-refractivity contribution in [3.05, 3.63) is 29.6 Å². The van der Waals surface area contributed by atoms with E-state index in [1.807, 2.05) is 0 Å². The Morgan fingerprint density at radius 2 is 2.13 bits per heavy atom. The van der Waals surface area contributed by atoms with Crippen molar-refractivity contribution in [2.24, 2.45) is 5.92 Å². The van der Waals surface area contributed by atoms with Crippen LogP contribution in [0, 0.1) is 11.7 Å². The van der Waals surface area contributed by atoms with Gasteiger partial charge in [0.2, 0.25) is 0 Å². The van der Waals surface area contributed by atoms with Crippen LogP contribution in [0.3, 0.4) is 0 Å². The Balaban J connectivity index is 1.49. The number of hydrogen-bond donors (Lipinski definition) is 1. The zero-order valence-corrected chi connectivity index (χ0v) is 13.7. The van der Waals surface area contributed by atoms with Crippen LogP contribution in [0.25, 0.3) is 0 Å². The molecule has 0 aromatic heterocycles. The molecule has 1 N–H and O–H groups in total. The van der Waals surface area contributed by atoms with Crippen LogP contribution in [-0.2, 0) is 0 Å². The molecule has 4 nitrogen and oxygen atoms in total. The maximum atomic E-state index is 13.4. The highest BCUT2D eigenvalue weighted by atomic mass is 19.1. The summed E-state index contributed by atoms with van der Waals surface area (Å²) in [5.74, 6) is 0.00230. The first kappa shape index (κ1) is 16.2. The number of amides is 1. The lowest BCUT2D eigenvalue weighted by atomic mass is 10.1. The highest BCUT2D eigenvalue weighted by Crippen LogP contribution is 2.28. The minimum atomic E-state index is -0.452. The van der Waals surface area contributed by atoms with Crippen LogP contribution in [0.15, 0.2) is 18.2 Å². The molecule has 0 bridgehead atoms. The Hall–Kier alpha value is -1.62. The van der Waals surface area contributed by atoms with Crippen molar-refractivity contribution in [2.75, 3.05) is 26.7 Å². The molecule has 1 saturated carbocycles. The minimum absolute atomic E-state index is 0.103. The number of carbonyl (C=O) groups excluding carboxylic acids is 1. The van der Waals surface area contributed by atoms with Gasteiger partial charge in [0.05, 0.1) is 7.11 Å². The van der Waals surface area contributed by atoms with E-state index in [9.17, 15) is 9.18 Å². The van der Waals surface area contributed by atoms with Gasteiger partial charge >= 0.3 is 0 Å². The molecule has 1 aliphatic heterocycles. The fourth-order valence-electron chi connectivity index (χ4n) is 3.77. The fourth-order valence-corrected chi connectivity index (χ4v) is 3.77. The van der Waals surface area contributed by atoms with Crippen molar-refractivity contribution in [1.82, 2.24) is 10.2 Å². The lowest BCUT2D eigenvalue weighted by Gasteiger charge is -2.23. The van der Waals surface area contributed by atoms with Gasteiger partial charge in [-0.05, 0) is 49.9 Å². The topological polar surface area (TPSA) is 41.6 Å². The second-order valence-electron chi connectivity index (χ2n) is 6.65. The zero-order chi connectivity index (χ0) is 16.2. The summed E-state index contributed by atoms with van der Waals surface area (Å²) in [5, 5.41) is 2.98. The van der Waals surface area contributed by atoms with Crippen LogP contribution in [0.4, 0.5) is 4.39 Å². The lowest BCUT2D eigenvalue weighted by Crippen LogP contribution is -2.34. The summed E-state index contributed by atoms with van der Waals surface area (Å²) >= 11 is 0. The number of methoxy groups -OCH3 is 1. The number of hydrogen-bond acceptors (Lipinski definition) is 3. The van der Waals surface area contributed by atoms with E-state index < -0.39 is 5.82 Å². The van der Waals surface area contributed by atoms with E-state index in [0.717, 1.165) is 25.6 Å². The van der Waals surface area contributed by atoms with Crippen LogP contribution in [0.2, 0.25) is 0 Å². The first-order valence-corrected chi connectivity index (χ1v) is 8.53. The predicted octanol–water partition coefficient (Wildman–Crippen LogP) is 2.83. The van der Waals surface area contributed by atoms with E-state index in [1.54, 1.807) is 0 Å². The number of halogens is 1. The van der Waals surface area contributed by atoms with Crippen LogP contribution in [-0.4, -0.2) is 43.6 Å². The molecule has 1 aromatic rings. The Morgan fingerprint density at radius 1 is 1.35 bits per heavy atom. The number of carbonyl (C=O) groups is 1. The van der Waals surface area contributed by atoms with Crippen molar-refractivity contribution >= 4 is 5.91 Å². The molecule has 1 saturated heterocycles. The summed E-state index contributed by atoms with van der Waals surface area (Å²) in [6, 6.07) is 4.97. The molecule has 0 unspecified atom stereocenters.